The Balaban J connectivity index is 2.41. The molecule has 0 aliphatic rings. The van der Waals surface area contributed by atoms with Crippen LogP contribution in [0.15, 0.2) is 24.3 Å². The fourth-order valence-corrected chi connectivity index (χ4v) is 2.57. The number of hydrogen-bond donors (Lipinski definition) is 0. The SMILES string of the molecule is COCc1cc2cc(C(=O)OC)ccc2s1. The smallest absolute Gasteiger partial charge is 0.337 e. The van der Waals surface area contributed by atoms with Gasteiger partial charge in [0.2, 0.25) is 0 Å². The van der Waals surface area contributed by atoms with Crippen LogP contribution >= 0.6 is 11.3 Å². The zero-order valence-corrected chi connectivity index (χ0v) is 9.97. The Hall–Kier alpha value is -1.39. The minimum atomic E-state index is -0.304. The first-order chi connectivity index (χ1) is 7.74. The van der Waals surface area contributed by atoms with E-state index in [0.29, 0.717) is 12.2 Å². The van der Waals surface area contributed by atoms with Crippen molar-refractivity contribution >= 4 is 27.4 Å². The standard InChI is InChI=1S/C12H12O3S/c1-14-7-10-6-9-5-8(12(13)15-2)3-4-11(9)16-10/h3-6H,7H2,1-2H3. The van der Waals surface area contributed by atoms with Gasteiger partial charge in [-0.25, -0.2) is 4.79 Å². The highest BCUT2D eigenvalue weighted by atomic mass is 32.1. The average molecular weight is 236 g/mol. The van der Waals surface area contributed by atoms with Crippen LogP contribution in [-0.4, -0.2) is 20.2 Å². The minimum absolute atomic E-state index is 0.304. The first-order valence-corrected chi connectivity index (χ1v) is 5.66. The molecule has 0 aliphatic heterocycles. The van der Waals surface area contributed by atoms with Crippen molar-refractivity contribution in [3.05, 3.63) is 34.7 Å². The van der Waals surface area contributed by atoms with Gasteiger partial charge in [-0.2, -0.15) is 0 Å². The average Bonchev–Trinajstić information content (AvgIpc) is 2.69. The number of carbonyl (C=O) groups excluding carboxylic acids is 1. The lowest BCUT2D eigenvalue weighted by molar-refractivity contribution is 0.0601. The molecule has 0 fully saturated rings. The van der Waals surface area contributed by atoms with Gasteiger partial charge in [0.05, 0.1) is 19.3 Å². The summed E-state index contributed by atoms with van der Waals surface area (Å²) in [4.78, 5) is 12.5. The molecule has 4 heteroatoms. The molecule has 1 aromatic carbocycles. The van der Waals surface area contributed by atoms with E-state index in [1.807, 2.05) is 18.2 Å². The number of fused-ring (bicyclic) bond motifs is 1. The predicted molar refractivity (Wildman–Crippen MR) is 63.9 cm³/mol. The van der Waals surface area contributed by atoms with E-state index in [1.165, 1.54) is 7.11 Å². The Kier molecular flexibility index (Phi) is 3.22. The molecule has 2 aromatic rings. The molecule has 0 bridgehead atoms. The number of methoxy groups -OCH3 is 2. The van der Waals surface area contributed by atoms with Gasteiger partial charge in [0.25, 0.3) is 0 Å². The molecule has 16 heavy (non-hydrogen) atoms. The number of thiophene rings is 1. The van der Waals surface area contributed by atoms with Crippen LogP contribution in [0, 0.1) is 0 Å². The Morgan fingerprint density at radius 1 is 1.31 bits per heavy atom. The highest BCUT2D eigenvalue weighted by molar-refractivity contribution is 7.19. The Morgan fingerprint density at radius 3 is 2.81 bits per heavy atom. The normalized spacial score (nSPS) is 10.6. The van der Waals surface area contributed by atoms with Crippen LogP contribution in [0.1, 0.15) is 15.2 Å². The first-order valence-electron chi connectivity index (χ1n) is 4.84. The number of carbonyl (C=O) groups is 1. The van der Waals surface area contributed by atoms with E-state index in [1.54, 1.807) is 24.5 Å². The van der Waals surface area contributed by atoms with E-state index in [-0.39, 0.29) is 5.97 Å². The van der Waals surface area contributed by atoms with E-state index in [0.717, 1.165) is 15.0 Å². The molecular weight excluding hydrogens is 224 g/mol. The van der Waals surface area contributed by atoms with E-state index in [9.17, 15) is 4.79 Å². The van der Waals surface area contributed by atoms with Crippen LogP contribution in [0.4, 0.5) is 0 Å². The molecule has 0 saturated heterocycles. The number of hydrogen-bond acceptors (Lipinski definition) is 4. The maximum absolute atomic E-state index is 11.3. The van der Waals surface area contributed by atoms with Gasteiger partial charge in [-0.15, -0.1) is 11.3 Å². The zero-order chi connectivity index (χ0) is 11.5. The van der Waals surface area contributed by atoms with Gasteiger partial charge in [0, 0.05) is 16.7 Å². The third kappa shape index (κ3) is 2.08. The van der Waals surface area contributed by atoms with E-state index >= 15 is 0 Å². The topological polar surface area (TPSA) is 35.5 Å². The lowest BCUT2D eigenvalue weighted by atomic mass is 10.1. The Labute approximate surface area is 97.6 Å². The van der Waals surface area contributed by atoms with Gasteiger partial charge >= 0.3 is 5.97 Å². The fraction of sp³-hybridized carbons (Fsp3) is 0.250. The second-order valence-corrected chi connectivity index (χ2v) is 4.56. The summed E-state index contributed by atoms with van der Waals surface area (Å²) >= 11 is 1.67. The maximum atomic E-state index is 11.3. The summed E-state index contributed by atoms with van der Waals surface area (Å²) in [7, 11) is 3.06. The summed E-state index contributed by atoms with van der Waals surface area (Å²) in [5.41, 5.74) is 0.580. The molecule has 1 heterocycles. The van der Waals surface area contributed by atoms with Crippen LogP contribution in [0.2, 0.25) is 0 Å². The molecule has 0 aliphatic carbocycles. The number of ether oxygens (including phenoxy) is 2. The van der Waals surface area contributed by atoms with Crippen molar-refractivity contribution in [3.63, 3.8) is 0 Å². The Morgan fingerprint density at radius 2 is 2.12 bits per heavy atom. The summed E-state index contributed by atoms with van der Waals surface area (Å²) in [6, 6.07) is 7.60. The van der Waals surface area contributed by atoms with Crippen molar-refractivity contribution in [3.8, 4) is 0 Å². The fourth-order valence-electron chi connectivity index (χ4n) is 1.56. The van der Waals surface area contributed by atoms with Gasteiger partial charge in [-0.3, -0.25) is 0 Å². The van der Waals surface area contributed by atoms with Crippen molar-refractivity contribution in [2.24, 2.45) is 0 Å². The van der Waals surface area contributed by atoms with E-state index in [4.69, 9.17) is 4.74 Å². The molecule has 0 amide bonds. The maximum Gasteiger partial charge on any atom is 0.337 e. The quantitative estimate of drug-likeness (QED) is 0.769. The molecule has 1 aromatic heterocycles. The van der Waals surface area contributed by atoms with Crippen molar-refractivity contribution in [1.82, 2.24) is 0 Å². The monoisotopic (exact) mass is 236 g/mol. The molecule has 0 atom stereocenters. The third-order valence-corrected chi connectivity index (χ3v) is 3.36. The van der Waals surface area contributed by atoms with Crippen molar-refractivity contribution < 1.29 is 14.3 Å². The van der Waals surface area contributed by atoms with Gasteiger partial charge in [0.1, 0.15) is 0 Å². The number of rotatable bonds is 3. The van der Waals surface area contributed by atoms with Crippen LogP contribution in [-0.2, 0) is 16.1 Å². The van der Waals surface area contributed by atoms with Gasteiger partial charge < -0.3 is 9.47 Å². The minimum Gasteiger partial charge on any atom is -0.465 e. The molecule has 0 spiro atoms. The number of esters is 1. The molecule has 0 unspecified atom stereocenters. The van der Waals surface area contributed by atoms with Crippen molar-refractivity contribution in [1.29, 1.82) is 0 Å². The summed E-state index contributed by atoms with van der Waals surface area (Å²) in [5.74, 6) is -0.304. The molecular formula is C12H12O3S. The highest BCUT2D eigenvalue weighted by Gasteiger charge is 2.08. The molecule has 3 nitrogen and oxygen atoms in total. The second-order valence-electron chi connectivity index (χ2n) is 3.39. The largest absolute Gasteiger partial charge is 0.465 e. The van der Waals surface area contributed by atoms with Crippen LogP contribution in [0.5, 0.6) is 0 Å². The van der Waals surface area contributed by atoms with E-state index in [2.05, 4.69) is 4.74 Å². The lowest BCUT2D eigenvalue weighted by Gasteiger charge is -1.97. The van der Waals surface area contributed by atoms with Gasteiger partial charge in [-0.05, 0) is 29.7 Å². The molecule has 2 rings (SSSR count). The third-order valence-electron chi connectivity index (χ3n) is 2.28. The molecule has 0 saturated carbocycles. The van der Waals surface area contributed by atoms with Gasteiger partial charge in [0.15, 0.2) is 0 Å². The lowest BCUT2D eigenvalue weighted by Crippen LogP contribution is -1.99. The molecule has 84 valence electrons. The predicted octanol–water partition coefficient (Wildman–Crippen LogP) is 2.83. The highest BCUT2D eigenvalue weighted by Crippen LogP contribution is 2.27. The molecule has 0 radical (unpaired) electrons. The van der Waals surface area contributed by atoms with Crippen molar-refractivity contribution in [2.75, 3.05) is 14.2 Å². The van der Waals surface area contributed by atoms with Crippen LogP contribution in [0.3, 0.4) is 0 Å². The summed E-state index contributed by atoms with van der Waals surface area (Å²) in [6.45, 7) is 0.604. The van der Waals surface area contributed by atoms with Crippen LogP contribution < -0.4 is 0 Å². The van der Waals surface area contributed by atoms with Crippen LogP contribution in [0.25, 0.3) is 10.1 Å². The molecule has 0 N–H and O–H groups in total. The second kappa shape index (κ2) is 4.63. The van der Waals surface area contributed by atoms with E-state index < -0.39 is 0 Å². The summed E-state index contributed by atoms with van der Waals surface area (Å²) in [6.07, 6.45) is 0. The van der Waals surface area contributed by atoms with Gasteiger partial charge in [-0.1, -0.05) is 0 Å². The zero-order valence-electron chi connectivity index (χ0n) is 9.15. The summed E-state index contributed by atoms with van der Waals surface area (Å²) in [5, 5.41) is 1.06. The number of benzene rings is 1. The Bertz CT molecular complexity index is 516. The first kappa shape index (κ1) is 11.1. The summed E-state index contributed by atoms with van der Waals surface area (Å²) < 4.78 is 10.9. The van der Waals surface area contributed by atoms with Crippen molar-refractivity contribution in [2.45, 2.75) is 6.61 Å².